The number of nitro benzene ring substituents is 1. The molecule has 1 unspecified atom stereocenters. The van der Waals surface area contributed by atoms with Gasteiger partial charge < -0.3 is 5.32 Å². The second-order valence-electron chi connectivity index (χ2n) is 4.98. The lowest BCUT2D eigenvalue weighted by atomic mass is 10.0. The topological polar surface area (TPSA) is 55.2 Å². The summed E-state index contributed by atoms with van der Waals surface area (Å²) in [6, 6.07) is 14.3. The van der Waals surface area contributed by atoms with Gasteiger partial charge in [0.05, 0.1) is 4.92 Å². The molecule has 110 valence electrons. The number of nitro groups is 1. The van der Waals surface area contributed by atoms with E-state index in [1.54, 1.807) is 12.1 Å². The average molecular weight is 305 g/mol. The van der Waals surface area contributed by atoms with Gasteiger partial charge in [-0.3, -0.25) is 10.1 Å². The Morgan fingerprint density at radius 2 is 1.67 bits per heavy atom. The maximum Gasteiger partial charge on any atom is 0.274 e. The Balaban J connectivity index is 2.16. The first-order valence-electron chi connectivity index (χ1n) is 6.74. The van der Waals surface area contributed by atoms with E-state index < -0.39 is 0 Å². The molecule has 0 aromatic heterocycles. The Labute approximate surface area is 128 Å². The van der Waals surface area contributed by atoms with Gasteiger partial charge in [-0.05, 0) is 31.5 Å². The number of benzene rings is 2. The summed E-state index contributed by atoms with van der Waals surface area (Å²) < 4.78 is 0. The molecule has 1 N–H and O–H groups in total. The number of hydrogen-bond acceptors (Lipinski definition) is 3. The van der Waals surface area contributed by atoms with Crippen LogP contribution in [-0.4, -0.2) is 4.92 Å². The molecule has 2 atom stereocenters. The molecule has 0 amide bonds. The minimum atomic E-state index is -0.347. The molecule has 0 aliphatic carbocycles. The molecule has 2 rings (SSSR count). The molecular weight excluding hydrogens is 288 g/mol. The molecule has 0 saturated heterocycles. The van der Waals surface area contributed by atoms with Crippen molar-refractivity contribution in [3.05, 3.63) is 74.8 Å². The van der Waals surface area contributed by atoms with Gasteiger partial charge in [0.1, 0.15) is 0 Å². The van der Waals surface area contributed by atoms with Gasteiger partial charge in [0.25, 0.3) is 5.69 Å². The van der Waals surface area contributed by atoms with Crippen molar-refractivity contribution in [2.75, 3.05) is 0 Å². The Kier molecular flexibility index (Phi) is 4.94. The first-order chi connectivity index (χ1) is 9.99. The summed E-state index contributed by atoms with van der Waals surface area (Å²) in [4.78, 5) is 10.7. The van der Waals surface area contributed by atoms with Crippen molar-refractivity contribution in [1.82, 2.24) is 5.32 Å². The fourth-order valence-corrected chi connectivity index (χ4v) is 2.46. The Morgan fingerprint density at radius 3 is 2.29 bits per heavy atom. The standard InChI is InChI=1S/C16H17ClN2O2/c1-11(13-7-9-14(17)10-8-13)18-12(2)15-5-3-4-6-16(15)19(20)21/h3-12,18H,1-2H3/t11-,12?/m1/s1. The highest BCUT2D eigenvalue weighted by atomic mass is 35.5. The van der Waals surface area contributed by atoms with Gasteiger partial charge in [-0.15, -0.1) is 0 Å². The fraction of sp³-hybridized carbons (Fsp3) is 0.250. The van der Waals surface area contributed by atoms with E-state index in [0.717, 1.165) is 5.56 Å². The van der Waals surface area contributed by atoms with Crippen LogP contribution < -0.4 is 5.32 Å². The molecule has 0 fully saturated rings. The van der Waals surface area contributed by atoms with E-state index in [1.807, 2.05) is 44.2 Å². The zero-order valence-electron chi connectivity index (χ0n) is 11.9. The molecule has 0 saturated carbocycles. The first-order valence-corrected chi connectivity index (χ1v) is 7.11. The third kappa shape index (κ3) is 3.80. The largest absolute Gasteiger partial charge is 0.303 e. The lowest BCUT2D eigenvalue weighted by molar-refractivity contribution is -0.385. The van der Waals surface area contributed by atoms with E-state index in [1.165, 1.54) is 6.07 Å². The third-order valence-electron chi connectivity index (χ3n) is 3.47. The molecule has 0 radical (unpaired) electrons. The molecule has 0 aliphatic heterocycles. The third-order valence-corrected chi connectivity index (χ3v) is 3.72. The van der Waals surface area contributed by atoms with Gasteiger partial charge in [0, 0.05) is 28.7 Å². The molecule has 0 heterocycles. The number of rotatable bonds is 5. The fourth-order valence-electron chi connectivity index (χ4n) is 2.33. The number of para-hydroxylation sites is 1. The minimum absolute atomic E-state index is 0.0667. The maximum atomic E-state index is 11.1. The van der Waals surface area contributed by atoms with Crippen LogP contribution in [0.2, 0.25) is 5.02 Å². The van der Waals surface area contributed by atoms with Crippen LogP contribution in [0.15, 0.2) is 48.5 Å². The van der Waals surface area contributed by atoms with Crippen LogP contribution in [0, 0.1) is 10.1 Å². The number of nitrogens with one attached hydrogen (secondary N) is 1. The predicted octanol–water partition coefficient (Wildman–Crippen LogP) is 4.66. The Hall–Kier alpha value is -1.91. The van der Waals surface area contributed by atoms with Crippen LogP contribution in [0.5, 0.6) is 0 Å². The van der Waals surface area contributed by atoms with E-state index in [2.05, 4.69) is 5.32 Å². The van der Waals surface area contributed by atoms with Crippen molar-refractivity contribution in [2.45, 2.75) is 25.9 Å². The average Bonchev–Trinajstić information content (AvgIpc) is 2.47. The summed E-state index contributed by atoms with van der Waals surface area (Å²) in [6.45, 7) is 3.95. The van der Waals surface area contributed by atoms with Crippen LogP contribution in [0.1, 0.15) is 37.1 Å². The molecule has 0 aliphatic rings. The smallest absolute Gasteiger partial charge is 0.274 e. The summed E-state index contributed by atoms with van der Waals surface area (Å²) >= 11 is 5.88. The second kappa shape index (κ2) is 6.70. The summed E-state index contributed by atoms with van der Waals surface area (Å²) in [5.74, 6) is 0. The molecule has 21 heavy (non-hydrogen) atoms. The first kappa shape index (κ1) is 15.5. The summed E-state index contributed by atoms with van der Waals surface area (Å²) in [5.41, 5.74) is 1.91. The van der Waals surface area contributed by atoms with E-state index in [4.69, 9.17) is 11.6 Å². The number of halogens is 1. The highest BCUT2D eigenvalue weighted by Crippen LogP contribution is 2.27. The van der Waals surface area contributed by atoms with Crippen molar-refractivity contribution in [3.63, 3.8) is 0 Å². The lowest BCUT2D eigenvalue weighted by Crippen LogP contribution is -2.23. The molecule has 0 bridgehead atoms. The van der Waals surface area contributed by atoms with Crippen LogP contribution in [-0.2, 0) is 0 Å². The Bertz CT molecular complexity index is 628. The molecular formula is C16H17ClN2O2. The maximum absolute atomic E-state index is 11.1. The van der Waals surface area contributed by atoms with E-state index >= 15 is 0 Å². The second-order valence-corrected chi connectivity index (χ2v) is 5.41. The number of hydrogen-bond donors (Lipinski definition) is 1. The quantitative estimate of drug-likeness (QED) is 0.645. The molecule has 2 aromatic carbocycles. The minimum Gasteiger partial charge on any atom is -0.303 e. The predicted molar refractivity (Wildman–Crippen MR) is 84.5 cm³/mol. The van der Waals surface area contributed by atoms with Gasteiger partial charge in [-0.25, -0.2) is 0 Å². The van der Waals surface area contributed by atoms with Crippen molar-refractivity contribution in [3.8, 4) is 0 Å². The van der Waals surface area contributed by atoms with Crippen molar-refractivity contribution in [1.29, 1.82) is 0 Å². The summed E-state index contributed by atoms with van der Waals surface area (Å²) in [5, 5.41) is 15.2. The molecule has 0 spiro atoms. The van der Waals surface area contributed by atoms with Crippen LogP contribution in [0.25, 0.3) is 0 Å². The summed E-state index contributed by atoms with van der Waals surface area (Å²) in [6.07, 6.45) is 0. The normalized spacial score (nSPS) is 13.7. The van der Waals surface area contributed by atoms with Gasteiger partial charge in [0.2, 0.25) is 0 Å². The van der Waals surface area contributed by atoms with Crippen molar-refractivity contribution >= 4 is 17.3 Å². The van der Waals surface area contributed by atoms with Gasteiger partial charge >= 0.3 is 0 Å². The van der Waals surface area contributed by atoms with Gasteiger partial charge in [-0.2, -0.15) is 0 Å². The van der Waals surface area contributed by atoms with E-state index in [9.17, 15) is 10.1 Å². The van der Waals surface area contributed by atoms with Crippen LogP contribution >= 0.6 is 11.6 Å². The van der Waals surface area contributed by atoms with Crippen LogP contribution in [0.3, 0.4) is 0 Å². The number of nitrogens with zero attached hydrogens (tertiary/aromatic N) is 1. The molecule has 5 heteroatoms. The Morgan fingerprint density at radius 1 is 1.05 bits per heavy atom. The zero-order valence-corrected chi connectivity index (χ0v) is 12.7. The van der Waals surface area contributed by atoms with E-state index in [-0.39, 0.29) is 22.7 Å². The highest BCUT2D eigenvalue weighted by Gasteiger charge is 2.19. The highest BCUT2D eigenvalue weighted by molar-refractivity contribution is 6.30. The van der Waals surface area contributed by atoms with Gasteiger partial charge in [0.15, 0.2) is 0 Å². The van der Waals surface area contributed by atoms with Crippen molar-refractivity contribution < 1.29 is 4.92 Å². The molecule has 4 nitrogen and oxygen atoms in total. The zero-order chi connectivity index (χ0) is 15.4. The molecule has 2 aromatic rings. The van der Waals surface area contributed by atoms with Gasteiger partial charge in [-0.1, -0.05) is 41.9 Å². The monoisotopic (exact) mass is 304 g/mol. The lowest BCUT2D eigenvalue weighted by Gasteiger charge is -2.20. The van der Waals surface area contributed by atoms with Crippen molar-refractivity contribution in [2.24, 2.45) is 0 Å². The SMILES string of the molecule is CC(N[C@H](C)c1ccc(Cl)cc1)c1ccccc1[N+](=O)[O-]. The summed E-state index contributed by atoms with van der Waals surface area (Å²) in [7, 11) is 0. The van der Waals surface area contributed by atoms with E-state index in [0.29, 0.717) is 10.6 Å². The van der Waals surface area contributed by atoms with Crippen LogP contribution in [0.4, 0.5) is 5.69 Å².